The molecule has 1 N–H and O–H groups in total. The average Bonchev–Trinajstić information content (AvgIpc) is 3.18. The average molecular weight is 777 g/mol. The van der Waals surface area contributed by atoms with E-state index < -0.39 is 23.5 Å². The van der Waals surface area contributed by atoms with Crippen LogP contribution in [0.5, 0.6) is 0 Å². The van der Waals surface area contributed by atoms with E-state index in [4.69, 9.17) is 14.4 Å². The Bertz CT molecular complexity index is 1720. The molecule has 0 aromatic heterocycles. The maximum Gasteiger partial charge on any atom is 0.416 e. The monoisotopic (exact) mass is 776 g/mol. The fourth-order valence-electron chi connectivity index (χ4n) is 7.44. The van der Waals surface area contributed by atoms with E-state index in [-0.39, 0.29) is 31.7 Å². The minimum Gasteiger partial charge on any atom is -0.479 e. The molecule has 2 aliphatic rings. The van der Waals surface area contributed by atoms with Gasteiger partial charge in [-0.2, -0.15) is 26.3 Å². The molecule has 302 valence electrons. The van der Waals surface area contributed by atoms with Gasteiger partial charge >= 0.3 is 12.4 Å². The van der Waals surface area contributed by atoms with Crippen LogP contribution >= 0.6 is 0 Å². The number of alkyl halides is 6. The molecule has 0 unspecified atom stereocenters. The second-order valence-electron chi connectivity index (χ2n) is 14.3. The van der Waals surface area contributed by atoms with Crippen LogP contribution in [0.4, 0.5) is 26.3 Å². The molecule has 0 radical (unpaired) electrons. The number of aliphatic hydroxyl groups is 1. The van der Waals surface area contributed by atoms with Gasteiger partial charge < -0.3 is 19.5 Å². The van der Waals surface area contributed by atoms with Gasteiger partial charge in [-0.15, -0.1) is 0 Å². The van der Waals surface area contributed by atoms with Crippen LogP contribution in [0.25, 0.3) is 0 Å². The number of aliphatic hydroxyl groups excluding tert-OH is 1. The van der Waals surface area contributed by atoms with Crippen LogP contribution in [0, 0.1) is 0 Å². The quantitative estimate of drug-likeness (QED) is 0.0860. The van der Waals surface area contributed by atoms with Crippen molar-refractivity contribution in [1.82, 2.24) is 0 Å². The molecular weight excluding hydrogens is 722 g/mol. The third-order valence-electron chi connectivity index (χ3n) is 10.3. The lowest BCUT2D eigenvalue weighted by Gasteiger charge is -2.25. The molecule has 5 rings (SSSR count). The summed E-state index contributed by atoms with van der Waals surface area (Å²) in [4.78, 5) is 10.5. The molecule has 2 aliphatic carbocycles. The number of ether oxygens (including phenoxy) is 1. The Hall–Kier alpha value is -4.06. The van der Waals surface area contributed by atoms with Gasteiger partial charge in [-0.25, -0.2) is 0 Å². The minimum atomic E-state index is -4.38. The van der Waals surface area contributed by atoms with Gasteiger partial charge in [0.1, 0.15) is 13.2 Å². The Morgan fingerprint density at radius 2 is 1.15 bits per heavy atom. The van der Waals surface area contributed by atoms with Crippen molar-refractivity contribution < 1.29 is 45.9 Å². The smallest absolute Gasteiger partial charge is 0.416 e. The molecule has 0 aliphatic heterocycles. The lowest BCUT2D eigenvalue weighted by Crippen LogP contribution is -2.15. The zero-order valence-electron chi connectivity index (χ0n) is 32.3. The molecule has 3 aromatic carbocycles. The summed E-state index contributed by atoms with van der Waals surface area (Å²) < 4.78 is 86.5. The molecule has 2 saturated carbocycles. The van der Waals surface area contributed by atoms with E-state index in [9.17, 15) is 31.4 Å². The molecule has 55 heavy (non-hydrogen) atoms. The van der Waals surface area contributed by atoms with Crippen LogP contribution in [0.15, 0.2) is 64.9 Å². The predicted octanol–water partition coefficient (Wildman–Crippen LogP) is 12.4. The number of hydrogen-bond acceptors (Lipinski definition) is 6. The van der Waals surface area contributed by atoms with Gasteiger partial charge in [-0.05, 0) is 115 Å². The van der Waals surface area contributed by atoms with Crippen LogP contribution in [0.3, 0.4) is 0 Å². The van der Waals surface area contributed by atoms with Crippen LogP contribution in [-0.2, 0) is 53.0 Å². The van der Waals surface area contributed by atoms with Crippen LogP contribution in [0.2, 0.25) is 0 Å². The normalized spacial score (nSPS) is 16.3. The molecule has 12 heteroatoms. The molecule has 0 spiro atoms. The largest absolute Gasteiger partial charge is 0.479 e. The molecule has 6 nitrogen and oxygen atoms in total. The predicted molar refractivity (Wildman–Crippen MR) is 203 cm³/mol. The third kappa shape index (κ3) is 13.0. The van der Waals surface area contributed by atoms with E-state index >= 15 is 0 Å². The third-order valence-corrected chi connectivity index (χ3v) is 10.3. The molecule has 0 saturated heterocycles. The lowest BCUT2D eigenvalue weighted by atomic mass is 9.81. The molecule has 0 amide bonds. The summed E-state index contributed by atoms with van der Waals surface area (Å²) in [6.07, 6.45) is 1.52. The van der Waals surface area contributed by atoms with Crippen molar-refractivity contribution >= 4 is 11.6 Å². The van der Waals surface area contributed by atoms with Gasteiger partial charge in [0.25, 0.3) is 0 Å². The lowest BCUT2D eigenvalue weighted by molar-refractivity contribution is -0.139. The summed E-state index contributed by atoms with van der Waals surface area (Å²) >= 11 is 0. The van der Waals surface area contributed by atoms with E-state index in [0.717, 1.165) is 87.3 Å². The standard InChI is InChI=1S/C25H30F3NO2.C18H24F3NO2/c1-3-19-14-21(10-11-22(19)15-30)17(2)29-31-16-18-9-12-23(20-7-5-4-6-8-20)24(13-18)25(26,27)28;1-3-23-13(2)22-24-12-14-9-10-16(15-7-5-4-6-8-15)17(11-14)18(19,20)21/h9-14,20,30H,3-8,15-16H2,1-2H3;9-11,15H,3-8,12H2,1-2H3. The second kappa shape index (κ2) is 20.7. The maximum atomic E-state index is 13.7. The van der Waals surface area contributed by atoms with Gasteiger partial charge in [0.15, 0.2) is 0 Å². The highest BCUT2D eigenvalue weighted by Crippen LogP contribution is 2.42. The van der Waals surface area contributed by atoms with E-state index in [1.165, 1.54) is 12.1 Å². The van der Waals surface area contributed by atoms with Crippen molar-refractivity contribution in [1.29, 1.82) is 0 Å². The first-order chi connectivity index (χ1) is 26.2. The molecule has 0 atom stereocenters. The van der Waals surface area contributed by atoms with Crippen LogP contribution in [-0.4, -0.2) is 23.3 Å². The molecule has 0 bridgehead atoms. The van der Waals surface area contributed by atoms with Gasteiger partial charge in [0.2, 0.25) is 5.90 Å². The van der Waals surface area contributed by atoms with Crippen molar-refractivity contribution in [2.24, 2.45) is 10.3 Å². The zero-order valence-corrected chi connectivity index (χ0v) is 32.3. The number of nitrogens with zero attached hydrogens (tertiary/aromatic N) is 2. The Kier molecular flexibility index (Phi) is 16.5. The zero-order chi connectivity index (χ0) is 40.0. The highest BCUT2D eigenvalue weighted by molar-refractivity contribution is 5.98. The maximum absolute atomic E-state index is 13.7. The Morgan fingerprint density at radius 1 is 0.655 bits per heavy atom. The van der Waals surface area contributed by atoms with Crippen LogP contribution < -0.4 is 0 Å². The summed E-state index contributed by atoms with van der Waals surface area (Å²) in [7, 11) is 0. The van der Waals surface area contributed by atoms with E-state index in [1.54, 1.807) is 38.1 Å². The Balaban J connectivity index is 0.000000253. The fraction of sp³-hybridized carbons (Fsp3) is 0.535. The van der Waals surface area contributed by atoms with Crippen LogP contribution in [0.1, 0.15) is 154 Å². The molecule has 2 fully saturated rings. The molecule has 0 heterocycles. The highest BCUT2D eigenvalue weighted by atomic mass is 19.4. The number of halogens is 6. The van der Waals surface area contributed by atoms with Gasteiger partial charge in [-0.1, -0.05) is 92.2 Å². The van der Waals surface area contributed by atoms with Crippen molar-refractivity contribution in [2.45, 2.75) is 142 Å². The van der Waals surface area contributed by atoms with Crippen molar-refractivity contribution in [2.75, 3.05) is 6.61 Å². The first-order valence-electron chi connectivity index (χ1n) is 19.3. The summed E-state index contributed by atoms with van der Waals surface area (Å²) in [6.45, 7) is 7.66. The van der Waals surface area contributed by atoms with Crippen molar-refractivity contribution in [3.63, 3.8) is 0 Å². The molecule has 3 aromatic rings. The Morgan fingerprint density at radius 3 is 1.58 bits per heavy atom. The van der Waals surface area contributed by atoms with E-state index in [0.29, 0.717) is 40.5 Å². The summed E-state index contributed by atoms with van der Waals surface area (Å²) in [5, 5.41) is 17.2. The molecular formula is C43H54F6N2O4. The van der Waals surface area contributed by atoms with E-state index in [1.807, 2.05) is 32.0 Å². The van der Waals surface area contributed by atoms with Gasteiger partial charge in [0.05, 0.1) is 30.1 Å². The van der Waals surface area contributed by atoms with Gasteiger partial charge in [0, 0.05) is 6.92 Å². The topological polar surface area (TPSA) is 72.6 Å². The number of hydrogen-bond donors (Lipinski definition) is 1. The first-order valence-corrected chi connectivity index (χ1v) is 19.3. The summed E-state index contributed by atoms with van der Waals surface area (Å²) in [5.41, 5.74) is 4.04. The van der Waals surface area contributed by atoms with Crippen molar-refractivity contribution in [3.8, 4) is 0 Å². The fourth-order valence-corrected chi connectivity index (χ4v) is 7.44. The van der Waals surface area contributed by atoms with Crippen molar-refractivity contribution in [3.05, 3.63) is 105 Å². The number of oxime groups is 2. The SMILES string of the molecule is CCOC(C)=NOCc1ccc(C2CCCCC2)c(C(F)(F)F)c1.CCc1cc(C(C)=NOCc2ccc(C3CCCCC3)c(C(F)(F)F)c2)ccc1CO. The minimum absolute atomic E-state index is 0.00330. The first kappa shape index (κ1) is 43.7. The second-order valence-corrected chi connectivity index (χ2v) is 14.3. The number of benzene rings is 3. The number of rotatable bonds is 12. The highest BCUT2D eigenvalue weighted by Gasteiger charge is 2.37. The Labute approximate surface area is 320 Å². The van der Waals surface area contributed by atoms with E-state index in [2.05, 4.69) is 10.3 Å². The number of aryl methyl sites for hydroxylation is 1. The summed E-state index contributed by atoms with van der Waals surface area (Å²) in [6, 6.07) is 14.7. The summed E-state index contributed by atoms with van der Waals surface area (Å²) in [5.74, 6) is 0.339. The van der Waals surface area contributed by atoms with Gasteiger partial charge in [-0.3, -0.25) is 0 Å².